The largest absolute Gasteiger partial charge is 0.416 e. The van der Waals surface area contributed by atoms with Crippen LogP contribution in [0.3, 0.4) is 0 Å². The van der Waals surface area contributed by atoms with Gasteiger partial charge in [-0.05, 0) is 25.1 Å². The van der Waals surface area contributed by atoms with Crippen molar-refractivity contribution in [2.45, 2.75) is 25.6 Å². The van der Waals surface area contributed by atoms with Crippen LogP contribution in [0.25, 0.3) is 0 Å². The molecule has 0 aliphatic carbocycles. The van der Waals surface area contributed by atoms with Crippen molar-refractivity contribution in [1.29, 1.82) is 10.5 Å². The molecular weight excluding hydrogens is 243 g/mol. The van der Waals surface area contributed by atoms with E-state index in [0.717, 1.165) is 12.1 Å². The quantitative estimate of drug-likeness (QED) is 0.899. The summed E-state index contributed by atoms with van der Waals surface area (Å²) in [7, 11) is 0. The van der Waals surface area contributed by atoms with Crippen LogP contribution in [0.5, 0.6) is 0 Å². The molecule has 0 saturated carbocycles. The molecular formula is C12H10F3N3. The van der Waals surface area contributed by atoms with E-state index in [4.69, 9.17) is 10.5 Å². The van der Waals surface area contributed by atoms with Crippen LogP contribution in [0.1, 0.15) is 24.5 Å². The standard InChI is InChI=1S/C12H10F3N3/c1-8(4-5-16)18-11-3-2-10(12(13,14)15)6-9(11)7-17/h2-3,6,8,18H,4H2,1H3. The molecule has 1 atom stereocenters. The number of halogens is 3. The molecule has 0 heterocycles. The number of benzene rings is 1. The monoisotopic (exact) mass is 253 g/mol. The molecule has 1 aromatic carbocycles. The van der Waals surface area contributed by atoms with Crippen LogP contribution in [-0.2, 0) is 6.18 Å². The Balaban J connectivity index is 3.03. The lowest BCUT2D eigenvalue weighted by molar-refractivity contribution is -0.137. The molecule has 1 rings (SSSR count). The maximum Gasteiger partial charge on any atom is 0.416 e. The summed E-state index contributed by atoms with van der Waals surface area (Å²) in [5, 5.41) is 20.1. The van der Waals surface area contributed by atoms with Gasteiger partial charge in [-0.1, -0.05) is 0 Å². The predicted molar refractivity (Wildman–Crippen MR) is 59.5 cm³/mol. The Morgan fingerprint density at radius 1 is 1.33 bits per heavy atom. The van der Waals surface area contributed by atoms with E-state index in [-0.39, 0.29) is 18.0 Å². The summed E-state index contributed by atoms with van der Waals surface area (Å²) >= 11 is 0. The van der Waals surface area contributed by atoms with Gasteiger partial charge in [0.2, 0.25) is 0 Å². The predicted octanol–water partition coefficient (Wildman–Crippen LogP) is 3.29. The molecule has 0 radical (unpaired) electrons. The van der Waals surface area contributed by atoms with Crippen molar-refractivity contribution in [2.75, 3.05) is 5.32 Å². The molecule has 0 aliphatic heterocycles. The summed E-state index contributed by atoms with van der Waals surface area (Å²) in [6.07, 6.45) is -4.27. The number of nitrogens with zero attached hydrogens (tertiary/aromatic N) is 2. The summed E-state index contributed by atoms with van der Waals surface area (Å²) in [5.41, 5.74) is -0.652. The van der Waals surface area contributed by atoms with E-state index in [2.05, 4.69) is 5.32 Å². The Hall–Kier alpha value is -2.21. The number of hydrogen-bond acceptors (Lipinski definition) is 3. The fraction of sp³-hybridized carbons (Fsp3) is 0.333. The number of anilines is 1. The van der Waals surface area contributed by atoms with E-state index >= 15 is 0 Å². The topological polar surface area (TPSA) is 59.6 Å². The Labute approximate surface area is 102 Å². The number of nitrogens with one attached hydrogen (secondary N) is 1. The van der Waals surface area contributed by atoms with Gasteiger partial charge in [0.1, 0.15) is 6.07 Å². The average Bonchev–Trinajstić information content (AvgIpc) is 2.28. The Morgan fingerprint density at radius 3 is 2.50 bits per heavy atom. The first-order valence-electron chi connectivity index (χ1n) is 5.13. The molecule has 6 heteroatoms. The van der Waals surface area contributed by atoms with E-state index in [1.165, 1.54) is 6.07 Å². The first kappa shape index (κ1) is 13.9. The van der Waals surface area contributed by atoms with Gasteiger partial charge in [0.25, 0.3) is 0 Å². The second-order valence-electron chi connectivity index (χ2n) is 3.78. The third kappa shape index (κ3) is 3.39. The fourth-order valence-electron chi connectivity index (χ4n) is 1.39. The zero-order chi connectivity index (χ0) is 13.8. The first-order valence-corrected chi connectivity index (χ1v) is 5.13. The van der Waals surface area contributed by atoms with Crippen LogP contribution in [0.2, 0.25) is 0 Å². The highest BCUT2D eigenvalue weighted by Gasteiger charge is 2.31. The second-order valence-corrected chi connectivity index (χ2v) is 3.78. The van der Waals surface area contributed by atoms with Gasteiger partial charge in [-0.3, -0.25) is 0 Å². The highest BCUT2D eigenvalue weighted by Crippen LogP contribution is 2.31. The number of rotatable bonds is 3. The van der Waals surface area contributed by atoms with Gasteiger partial charge in [-0.25, -0.2) is 0 Å². The van der Waals surface area contributed by atoms with Crippen molar-refractivity contribution in [2.24, 2.45) is 0 Å². The Bertz CT molecular complexity index is 509. The summed E-state index contributed by atoms with van der Waals surface area (Å²) in [6, 6.07) is 6.31. The molecule has 1 unspecified atom stereocenters. The maximum absolute atomic E-state index is 12.4. The molecule has 0 bridgehead atoms. The molecule has 94 valence electrons. The Kier molecular flexibility index (Phi) is 4.17. The zero-order valence-electron chi connectivity index (χ0n) is 9.54. The first-order chi connectivity index (χ1) is 8.38. The minimum absolute atomic E-state index is 0.0883. The van der Waals surface area contributed by atoms with Crippen LogP contribution in [0.15, 0.2) is 18.2 Å². The van der Waals surface area contributed by atoms with E-state index in [9.17, 15) is 13.2 Å². The molecule has 0 amide bonds. The van der Waals surface area contributed by atoms with Crippen molar-refractivity contribution in [3.05, 3.63) is 29.3 Å². The van der Waals surface area contributed by atoms with Crippen LogP contribution in [0.4, 0.5) is 18.9 Å². The highest BCUT2D eigenvalue weighted by molar-refractivity contribution is 5.59. The molecule has 0 fully saturated rings. The van der Waals surface area contributed by atoms with E-state index < -0.39 is 11.7 Å². The fourth-order valence-corrected chi connectivity index (χ4v) is 1.39. The van der Waals surface area contributed by atoms with Crippen molar-refractivity contribution in [3.63, 3.8) is 0 Å². The maximum atomic E-state index is 12.4. The number of alkyl halides is 3. The van der Waals surface area contributed by atoms with Gasteiger partial charge < -0.3 is 5.32 Å². The molecule has 0 saturated heterocycles. The second kappa shape index (κ2) is 5.42. The van der Waals surface area contributed by atoms with Crippen LogP contribution >= 0.6 is 0 Å². The van der Waals surface area contributed by atoms with Crippen molar-refractivity contribution >= 4 is 5.69 Å². The van der Waals surface area contributed by atoms with E-state index in [1.54, 1.807) is 13.0 Å². The van der Waals surface area contributed by atoms with Crippen molar-refractivity contribution in [1.82, 2.24) is 0 Å². The third-order valence-corrected chi connectivity index (χ3v) is 2.27. The smallest absolute Gasteiger partial charge is 0.380 e. The summed E-state index contributed by atoms with van der Waals surface area (Å²) in [4.78, 5) is 0. The summed E-state index contributed by atoms with van der Waals surface area (Å²) in [6.45, 7) is 1.71. The van der Waals surface area contributed by atoms with Crippen LogP contribution in [0, 0.1) is 22.7 Å². The van der Waals surface area contributed by atoms with Crippen LogP contribution < -0.4 is 5.32 Å². The van der Waals surface area contributed by atoms with Gasteiger partial charge >= 0.3 is 6.18 Å². The lowest BCUT2D eigenvalue weighted by Gasteiger charge is -2.14. The molecule has 0 spiro atoms. The summed E-state index contributed by atoms with van der Waals surface area (Å²) < 4.78 is 37.3. The summed E-state index contributed by atoms with van der Waals surface area (Å²) in [5.74, 6) is 0. The molecule has 18 heavy (non-hydrogen) atoms. The minimum Gasteiger partial charge on any atom is -0.380 e. The van der Waals surface area contributed by atoms with Gasteiger partial charge in [-0.15, -0.1) is 0 Å². The lowest BCUT2D eigenvalue weighted by Crippen LogP contribution is -2.15. The van der Waals surface area contributed by atoms with Crippen molar-refractivity contribution < 1.29 is 13.2 Å². The molecule has 1 aromatic rings. The van der Waals surface area contributed by atoms with Gasteiger partial charge in [-0.2, -0.15) is 23.7 Å². The van der Waals surface area contributed by atoms with Crippen molar-refractivity contribution in [3.8, 4) is 12.1 Å². The van der Waals surface area contributed by atoms with Gasteiger partial charge in [0, 0.05) is 6.04 Å². The number of nitriles is 2. The van der Waals surface area contributed by atoms with Gasteiger partial charge in [0.15, 0.2) is 0 Å². The zero-order valence-corrected chi connectivity index (χ0v) is 9.54. The molecule has 1 N–H and O–H groups in total. The lowest BCUT2D eigenvalue weighted by atomic mass is 10.1. The SMILES string of the molecule is CC(CC#N)Nc1ccc(C(F)(F)F)cc1C#N. The third-order valence-electron chi connectivity index (χ3n) is 2.27. The number of hydrogen-bond donors (Lipinski definition) is 1. The Morgan fingerprint density at radius 2 is 2.00 bits per heavy atom. The van der Waals surface area contributed by atoms with E-state index in [0.29, 0.717) is 5.69 Å². The minimum atomic E-state index is -4.47. The molecule has 0 aromatic heterocycles. The van der Waals surface area contributed by atoms with Gasteiger partial charge in [0.05, 0.1) is 29.3 Å². The molecule has 3 nitrogen and oxygen atoms in total. The van der Waals surface area contributed by atoms with Crippen LogP contribution in [-0.4, -0.2) is 6.04 Å². The molecule has 0 aliphatic rings. The van der Waals surface area contributed by atoms with E-state index in [1.807, 2.05) is 6.07 Å². The normalized spacial score (nSPS) is 12.3. The average molecular weight is 253 g/mol. The highest BCUT2D eigenvalue weighted by atomic mass is 19.4.